The molecule has 0 amide bonds. The van der Waals surface area contributed by atoms with Crippen LogP contribution in [0, 0.1) is 6.92 Å². The van der Waals surface area contributed by atoms with Crippen LogP contribution in [0.4, 0.5) is 0 Å². The van der Waals surface area contributed by atoms with E-state index < -0.39 is 0 Å². The second-order valence-corrected chi connectivity index (χ2v) is 5.53. The molecule has 0 aromatic carbocycles. The lowest BCUT2D eigenvalue weighted by Gasteiger charge is -1.98. The van der Waals surface area contributed by atoms with Gasteiger partial charge in [0, 0.05) is 11.9 Å². The van der Waals surface area contributed by atoms with Crippen LogP contribution in [-0.2, 0) is 6.54 Å². The number of hydrogen-bond donors (Lipinski definition) is 1. The van der Waals surface area contributed by atoms with Crippen molar-refractivity contribution < 1.29 is 0 Å². The first-order valence-electron chi connectivity index (χ1n) is 5.51. The van der Waals surface area contributed by atoms with Gasteiger partial charge < -0.3 is 5.32 Å². The molecule has 0 spiro atoms. The summed E-state index contributed by atoms with van der Waals surface area (Å²) in [4.78, 5) is 5.96. The van der Waals surface area contributed by atoms with Crippen LogP contribution in [0.5, 0.6) is 0 Å². The zero-order valence-electron chi connectivity index (χ0n) is 9.62. The molecule has 0 saturated heterocycles. The van der Waals surface area contributed by atoms with Gasteiger partial charge >= 0.3 is 0 Å². The Hall–Kier alpha value is -0.710. The third kappa shape index (κ3) is 2.70. The molecular formula is C12H16N2S2. The van der Waals surface area contributed by atoms with Crippen LogP contribution in [0.1, 0.15) is 24.6 Å². The molecule has 0 aliphatic carbocycles. The van der Waals surface area contributed by atoms with E-state index >= 15 is 0 Å². The fourth-order valence-corrected chi connectivity index (χ4v) is 3.40. The number of hydrogen-bond acceptors (Lipinski definition) is 4. The number of aromatic nitrogens is 1. The van der Waals surface area contributed by atoms with Gasteiger partial charge in [0.15, 0.2) is 0 Å². The first kappa shape index (κ1) is 11.8. The van der Waals surface area contributed by atoms with Gasteiger partial charge in [0.05, 0.1) is 10.6 Å². The van der Waals surface area contributed by atoms with E-state index in [0.29, 0.717) is 0 Å². The van der Waals surface area contributed by atoms with Gasteiger partial charge in [-0.25, -0.2) is 4.98 Å². The van der Waals surface area contributed by atoms with Crippen LogP contribution in [0.3, 0.4) is 0 Å². The summed E-state index contributed by atoms with van der Waals surface area (Å²) < 4.78 is 0. The molecule has 0 radical (unpaired) electrons. The highest BCUT2D eigenvalue weighted by Crippen LogP contribution is 2.31. The zero-order chi connectivity index (χ0) is 11.4. The number of thiazole rings is 1. The molecule has 0 saturated carbocycles. The Morgan fingerprint density at radius 3 is 2.94 bits per heavy atom. The highest BCUT2D eigenvalue weighted by molar-refractivity contribution is 7.20. The van der Waals surface area contributed by atoms with E-state index in [1.807, 2.05) is 0 Å². The van der Waals surface area contributed by atoms with E-state index in [-0.39, 0.29) is 0 Å². The van der Waals surface area contributed by atoms with Crippen molar-refractivity contribution in [3.63, 3.8) is 0 Å². The molecule has 0 atom stereocenters. The molecule has 16 heavy (non-hydrogen) atoms. The van der Waals surface area contributed by atoms with Gasteiger partial charge in [0.2, 0.25) is 0 Å². The number of nitrogens with one attached hydrogen (secondary N) is 1. The van der Waals surface area contributed by atoms with Crippen molar-refractivity contribution in [2.24, 2.45) is 0 Å². The summed E-state index contributed by atoms with van der Waals surface area (Å²) in [5.74, 6) is 0. The van der Waals surface area contributed by atoms with Gasteiger partial charge in [-0.2, -0.15) is 0 Å². The molecule has 2 heterocycles. The number of rotatable bonds is 5. The van der Waals surface area contributed by atoms with Crippen LogP contribution in [0.15, 0.2) is 16.8 Å². The smallest absolute Gasteiger partial charge is 0.133 e. The summed E-state index contributed by atoms with van der Waals surface area (Å²) in [6.07, 6.45) is 1.17. The van der Waals surface area contributed by atoms with E-state index in [9.17, 15) is 0 Å². The quantitative estimate of drug-likeness (QED) is 0.821. The standard InChI is InChI=1S/C12H16N2S2/c1-3-5-13-7-10-8-16-12(14-10)11-9(2)4-6-15-11/h4,6,8,13H,3,5,7H2,1-2H3. The van der Waals surface area contributed by atoms with Gasteiger partial charge in [0.25, 0.3) is 0 Å². The predicted molar refractivity (Wildman–Crippen MR) is 72.2 cm³/mol. The van der Waals surface area contributed by atoms with Crippen molar-refractivity contribution in [1.29, 1.82) is 0 Å². The second-order valence-electron chi connectivity index (χ2n) is 3.75. The second kappa shape index (κ2) is 5.57. The largest absolute Gasteiger partial charge is 0.311 e. The lowest BCUT2D eigenvalue weighted by Crippen LogP contribution is -2.13. The molecule has 2 rings (SSSR count). The molecule has 1 N–H and O–H groups in total. The maximum Gasteiger partial charge on any atom is 0.133 e. The molecular weight excluding hydrogens is 236 g/mol. The third-order valence-corrected chi connectivity index (χ3v) is 4.40. The van der Waals surface area contributed by atoms with E-state index in [1.54, 1.807) is 22.7 Å². The number of thiophene rings is 1. The molecule has 2 aromatic heterocycles. The maximum absolute atomic E-state index is 4.65. The number of nitrogens with zero attached hydrogens (tertiary/aromatic N) is 1. The predicted octanol–water partition coefficient (Wildman–Crippen LogP) is 3.68. The Balaban J connectivity index is 2.05. The normalized spacial score (nSPS) is 10.9. The summed E-state index contributed by atoms with van der Waals surface area (Å²) in [5.41, 5.74) is 2.48. The van der Waals surface area contributed by atoms with Gasteiger partial charge in [0.1, 0.15) is 5.01 Å². The monoisotopic (exact) mass is 252 g/mol. The average molecular weight is 252 g/mol. The highest BCUT2D eigenvalue weighted by Gasteiger charge is 2.08. The molecule has 2 aromatic rings. The summed E-state index contributed by atoms with van der Waals surface area (Å²) in [6.45, 7) is 6.26. The minimum Gasteiger partial charge on any atom is -0.311 e. The van der Waals surface area contributed by atoms with Gasteiger partial charge in [-0.15, -0.1) is 22.7 Å². The van der Waals surface area contributed by atoms with Crippen LogP contribution in [-0.4, -0.2) is 11.5 Å². The first-order chi connectivity index (χ1) is 7.81. The van der Waals surface area contributed by atoms with Gasteiger partial charge in [-0.1, -0.05) is 6.92 Å². The van der Waals surface area contributed by atoms with Crippen LogP contribution in [0.25, 0.3) is 9.88 Å². The topological polar surface area (TPSA) is 24.9 Å². The van der Waals surface area contributed by atoms with E-state index in [4.69, 9.17) is 0 Å². The highest BCUT2D eigenvalue weighted by atomic mass is 32.1. The first-order valence-corrected chi connectivity index (χ1v) is 7.26. The molecule has 0 bridgehead atoms. The zero-order valence-corrected chi connectivity index (χ0v) is 11.3. The maximum atomic E-state index is 4.65. The molecule has 0 aliphatic heterocycles. The lowest BCUT2D eigenvalue weighted by atomic mass is 10.3. The van der Waals surface area contributed by atoms with Crippen molar-refractivity contribution in [2.75, 3.05) is 6.54 Å². The molecule has 0 fully saturated rings. The van der Waals surface area contributed by atoms with E-state index in [0.717, 1.165) is 23.8 Å². The van der Waals surface area contributed by atoms with Crippen molar-refractivity contribution in [2.45, 2.75) is 26.8 Å². The lowest BCUT2D eigenvalue weighted by molar-refractivity contribution is 0.667. The Morgan fingerprint density at radius 2 is 2.25 bits per heavy atom. The summed E-state index contributed by atoms with van der Waals surface area (Å²) in [7, 11) is 0. The van der Waals surface area contributed by atoms with E-state index in [1.165, 1.54) is 16.9 Å². The fraction of sp³-hybridized carbons (Fsp3) is 0.417. The minimum absolute atomic E-state index is 0.884. The molecule has 0 aliphatic rings. The molecule has 4 heteroatoms. The molecule has 0 unspecified atom stereocenters. The minimum atomic E-state index is 0.884. The summed E-state index contributed by atoms with van der Waals surface area (Å²) in [5, 5.41) is 8.80. The summed E-state index contributed by atoms with van der Waals surface area (Å²) in [6, 6.07) is 2.15. The Labute approximate surface area is 104 Å². The van der Waals surface area contributed by atoms with Crippen molar-refractivity contribution in [1.82, 2.24) is 10.3 Å². The fourth-order valence-electron chi connectivity index (χ4n) is 1.48. The van der Waals surface area contributed by atoms with Crippen LogP contribution >= 0.6 is 22.7 Å². The molecule has 86 valence electrons. The van der Waals surface area contributed by atoms with Crippen LogP contribution < -0.4 is 5.32 Å². The van der Waals surface area contributed by atoms with Crippen LogP contribution in [0.2, 0.25) is 0 Å². The third-order valence-electron chi connectivity index (χ3n) is 2.34. The number of aryl methyl sites for hydroxylation is 1. The van der Waals surface area contributed by atoms with Crippen molar-refractivity contribution in [3.05, 3.63) is 28.1 Å². The summed E-state index contributed by atoms with van der Waals surface area (Å²) >= 11 is 3.51. The Bertz CT molecular complexity index is 445. The van der Waals surface area contributed by atoms with Crippen molar-refractivity contribution in [3.8, 4) is 9.88 Å². The molecule has 2 nitrogen and oxygen atoms in total. The SMILES string of the molecule is CCCNCc1csc(-c2sccc2C)n1. The Morgan fingerprint density at radius 1 is 1.38 bits per heavy atom. The van der Waals surface area contributed by atoms with E-state index in [2.05, 4.69) is 41.0 Å². The average Bonchev–Trinajstić information content (AvgIpc) is 2.87. The van der Waals surface area contributed by atoms with Gasteiger partial charge in [-0.3, -0.25) is 0 Å². The van der Waals surface area contributed by atoms with Crippen molar-refractivity contribution >= 4 is 22.7 Å². The Kier molecular flexibility index (Phi) is 4.09. The van der Waals surface area contributed by atoms with Gasteiger partial charge in [-0.05, 0) is 36.9 Å².